The zero-order valence-corrected chi connectivity index (χ0v) is 11.7. The zero-order valence-electron chi connectivity index (χ0n) is 10.9. The van der Waals surface area contributed by atoms with E-state index in [0.29, 0.717) is 6.54 Å². The fourth-order valence-electron chi connectivity index (χ4n) is 2.52. The highest BCUT2D eigenvalue weighted by molar-refractivity contribution is 7.90. The van der Waals surface area contributed by atoms with Crippen LogP contribution in [-0.2, 0) is 16.4 Å². The molecule has 0 bridgehead atoms. The van der Waals surface area contributed by atoms with Crippen LogP contribution in [0.5, 0.6) is 0 Å². The molecule has 18 heavy (non-hydrogen) atoms. The molecule has 1 aromatic carbocycles. The average molecular weight is 267 g/mol. The van der Waals surface area contributed by atoms with Gasteiger partial charge in [0.15, 0.2) is 0 Å². The Morgan fingerprint density at radius 2 is 2.00 bits per heavy atom. The second-order valence-electron chi connectivity index (χ2n) is 5.08. The Labute approximate surface area is 110 Å². The SMILES string of the molecule is Cc1cccc(CCNS(=O)(=O)C2CCCC2)c1. The fraction of sp³-hybridized carbons (Fsp3) is 0.571. The fourth-order valence-corrected chi connectivity index (χ4v) is 4.10. The predicted molar refractivity (Wildman–Crippen MR) is 74.1 cm³/mol. The van der Waals surface area contributed by atoms with Crippen molar-refractivity contribution >= 4 is 10.0 Å². The van der Waals surface area contributed by atoms with E-state index in [2.05, 4.69) is 10.8 Å². The minimum atomic E-state index is -3.09. The molecule has 0 radical (unpaired) electrons. The molecule has 0 amide bonds. The third-order valence-corrected chi connectivity index (χ3v) is 5.50. The van der Waals surface area contributed by atoms with E-state index in [1.165, 1.54) is 11.1 Å². The molecule has 1 aliphatic carbocycles. The van der Waals surface area contributed by atoms with Crippen molar-refractivity contribution < 1.29 is 8.42 Å². The molecule has 0 spiro atoms. The minimum Gasteiger partial charge on any atom is -0.215 e. The van der Waals surface area contributed by atoms with Crippen molar-refractivity contribution in [3.05, 3.63) is 35.4 Å². The first-order valence-electron chi connectivity index (χ1n) is 6.62. The van der Waals surface area contributed by atoms with Crippen molar-refractivity contribution in [3.8, 4) is 0 Å². The number of nitrogens with one attached hydrogen (secondary N) is 1. The first-order chi connectivity index (χ1) is 8.58. The molecule has 0 heterocycles. The van der Waals surface area contributed by atoms with Gasteiger partial charge in [0, 0.05) is 6.54 Å². The topological polar surface area (TPSA) is 46.2 Å². The van der Waals surface area contributed by atoms with Gasteiger partial charge in [0.25, 0.3) is 0 Å². The minimum absolute atomic E-state index is 0.157. The average Bonchev–Trinajstić information content (AvgIpc) is 2.83. The number of sulfonamides is 1. The summed E-state index contributed by atoms with van der Waals surface area (Å²) in [6, 6.07) is 8.20. The van der Waals surface area contributed by atoms with Gasteiger partial charge in [-0.05, 0) is 31.7 Å². The smallest absolute Gasteiger partial charge is 0.214 e. The molecule has 0 aromatic heterocycles. The molecule has 3 nitrogen and oxygen atoms in total. The van der Waals surface area contributed by atoms with Crippen molar-refractivity contribution in [3.63, 3.8) is 0 Å². The summed E-state index contributed by atoms with van der Waals surface area (Å²) >= 11 is 0. The van der Waals surface area contributed by atoms with Gasteiger partial charge in [-0.1, -0.05) is 42.7 Å². The van der Waals surface area contributed by atoms with E-state index < -0.39 is 10.0 Å². The number of hydrogen-bond acceptors (Lipinski definition) is 2. The maximum Gasteiger partial charge on any atom is 0.214 e. The van der Waals surface area contributed by atoms with E-state index in [1.807, 2.05) is 25.1 Å². The maximum atomic E-state index is 12.0. The number of rotatable bonds is 5. The van der Waals surface area contributed by atoms with Gasteiger partial charge >= 0.3 is 0 Å². The molecule has 0 aliphatic heterocycles. The van der Waals surface area contributed by atoms with Crippen molar-refractivity contribution in [2.24, 2.45) is 0 Å². The lowest BCUT2D eigenvalue weighted by Crippen LogP contribution is -2.34. The third kappa shape index (κ3) is 3.56. The second-order valence-corrected chi connectivity index (χ2v) is 7.13. The zero-order chi connectivity index (χ0) is 13.0. The number of hydrogen-bond donors (Lipinski definition) is 1. The van der Waals surface area contributed by atoms with Crippen LogP contribution in [0.3, 0.4) is 0 Å². The standard InChI is InChI=1S/C14H21NO2S/c1-12-5-4-6-13(11-12)9-10-15-18(16,17)14-7-2-3-8-14/h4-6,11,14-15H,2-3,7-10H2,1H3. The monoisotopic (exact) mass is 267 g/mol. The van der Waals surface area contributed by atoms with E-state index in [9.17, 15) is 8.42 Å². The van der Waals surface area contributed by atoms with Crippen LogP contribution in [0, 0.1) is 6.92 Å². The molecule has 0 saturated heterocycles. The highest BCUT2D eigenvalue weighted by Crippen LogP contribution is 2.23. The van der Waals surface area contributed by atoms with E-state index in [-0.39, 0.29) is 5.25 Å². The summed E-state index contributed by atoms with van der Waals surface area (Å²) < 4.78 is 26.7. The van der Waals surface area contributed by atoms with Crippen LogP contribution in [0.4, 0.5) is 0 Å². The van der Waals surface area contributed by atoms with Crippen LogP contribution in [0.25, 0.3) is 0 Å². The van der Waals surface area contributed by atoms with Gasteiger partial charge in [-0.3, -0.25) is 0 Å². The van der Waals surface area contributed by atoms with Gasteiger partial charge in [0.1, 0.15) is 0 Å². The van der Waals surface area contributed by atoms with E-state index >= 15 is 0 Å². The van der Waals surface area contributed by atoms with Crippen molar-refractivity contribution in [2.75, 3.05) is 6.54 Å². The summed E-state index contributed by atoms with van der Waals surface area (Å²) in [6.45, 7) is 2.55. The van der Waals surface area contributed by atoms with E-state index in [0.717, 1.165) is 32.1 Å². The molecule has 1 saturated carbocycles. The van der Waals surface area contributed by atoms with Crippen molar-refractivity contribution in [2.45, 2.75) is 44.3 Å². The third-order valence-electron chi connectivity index (χ3n) is 3.54. The molecule has 100 valence electrons. The van der Waals surface area contributed by atoms with Gasteiger partial charge in [-0.25, -0.2) is 13.1 Å². The Morgan fingerprint density at radius 3 is 2.67 bits per heavy atom. The van der Waals surface area contributed by atoms with Gasteiger partial charge in [-0.2, -0.15) is 0 Å². The van der Waals surface area contributed by atoms with Crippen LogP contribution in [0.15, 0.2) is 24.3 Å². The molecule has 1 N–H and O–H groups in total. The summed E-state index contributed by atoms with van der Waals surface area (Å²) in [5.41, 5.74) is 2.40. The molecule has 1 aromatic rings. The quantitative estimate of drug-likeness (QED) is 0.890. The number of benzene rings is 1. The predicted octanol–water partition coefficient (Wildman–Crippen LogP) is 2.40. The Balaban J connectivity index is 1.84. The lowest BCUT2D eigenvalue weighted by molar-refractivity contribution is 0.565. The van der Waals surface area contributed by atoms with Gasteiger partial charge < -0.3 is 0 Å². The van der Waals surface area contributed by atoms with Crippen molar-refractivity contribution in [1.29, 1.82) is 0 Å². The number of aryl methyl sites for hydroxylation is 1. The summed E-state index contributed by atoms with van der Waals surface area (Å²) in [6.07, 6.45) is 4.49. The van der Waals surface area contributed by atoms with Crippen LogP contribution in [0.1, 0.15) is 36.8 Å². The van der Waals surface area contributed by atoms with Crippen LogP contribution in [-0.4, -0.2) is 20.2 Å². The summed E-state index contributed by atoms with van der Waals surface area (Å²) in [5, 5.41) is -0.157. The molecule has 0 unspecified atom stereocenters. The van der Waals surface area contributed by atoms with Crippen molar-refractivity contribution in [1.82, 2.24) is 4.72 Å². The molecule has 2 rings (SSSR count). The Morgan fingerprint density at radius 1 is 1.28 bits per heavy atom. The molecule has 1 fully saturated rings. The van der Waals surface area contributed by atoms with Crippen LogP contribution in [0.2, 0.25) is 0 Å². The Bertz CT molecular complexity index is 490. The summed E-state index contributed by atoms with van der Waals surface area (Å²) in [5.74, 6) is 0. The molecular weight excluding hydrogens is 246 g/mol. The second kappa shape index (κ2) is 5.85. The molecule has 0 atom stereocenters. The lowest BCUT2D eigenvalue weighted by atomic mass is 10.1. The van der Waals surface area contributed by atoms with Gasteiger partial charge in [0.2, 0.25) is 10.0 Å². The van der Waals surface area contributed by atoms with Gasteiger partial charge in [-0.15, -0.1) is 0 Å². The maximum absolute atomic E-state index is 12.0. The van der Waals surface area contributed by atoms with E-state index in [4.69, 9.17) is 0 Å². The highest BCUT2D eigenvalue weighted by atomic mass is 32.2. The van der Waals surface area contributed by atoms with Gasteiger partial charge in [0.05, 0.1) is 5.25 Å². The highest BCUT2D eigenvalue weighted by Gasteiger charge is 2.27. The normalized spacial score (nSPS) is 17.2. The summed E-state index contributed by atoms with van der Waals surface area (Å²) in [7, 11) is -3.09. The van der Waals surface area contributed by atoms with Crippen LogP contribution >= 0.6 is 0 Å². The molecule has 4 heteroatoms. The first-order valence-corrected chi connectivity index (χ1v) is 8.16. The first kappa shape index (κ1) is 13.6. The Hall–Kier alpha value is -0.870. The van der Waals surface area contributed by atoms with Crippen LogP contribution < -0.4 is 4.72 Å². The molecular formula is C14H21NO2S. The Kier molecular flexibility index (Phi) is 4.40. The van der Waals surface area contributed by atoms with E-state index in [1.54, 1.807) is 0 Å². The lowest BCUT2D eigenvalue weighted by Gasteiger charge is -2.12. The largest absolute Gasteiger partial charge is 0.215 e. The summed E-state index contributed by atoms with van der Waals surface area (Å²) in [4.78, 5) is 0. The molecule has 1 aliphatic rings.